The minimum Gasteiger partial charge on any atom is -0.469 e. The van der Waals surface area contributed by atoms with Gasteiger partial charge in [-0.05, 0) is 38.3 Å². The Labute approximate surface area is 231 Å². The summed E-state index contributed by atoms with van der Waals surface area (Å²) >= 11 is 3.56. The number of ether oxygens (including phenoxy) is 3. The highest BCUT2D eigenvalue weighted by Crippen LogP contribution is 2.56. The molecule has 4 rings (SSSR count). The van der Waals surface area contributed by atoms with E-state index in [1.165, 1.54) is 7.11 Å². The van der Waals surface area contributed by atoms with Gasteiger partial charge in [-0.3, -0.25) is 23.9 Å². The van der Waals surface area contributed by atoms with Gasteiger partial charge in [0.15, 0.2) is 6.23 Å². The van der Waals surface area contributed by atoms with Crippen molar-refractivity contribution < 1.29 is 28.1 Å². The molecule has 3 heterocycles. The summed E-state index contributed by atoms with van der Waals surface area (Å²) in [6.07, 6.45) is 1.45. The standard InChI is InChI=1S/C25H35BrN5O6P/c1-4-20(27-2)24-19-17-18(26)5-6-21(19)29-25(22(28-24)7-8-23(32)34-3)37-38(33,30-9-13-35-14-10-30)31-11-15-36-16-12-31/h4-6,17,22,25,29H,2,7-16H2,1,3H3/b20-4-. The third kappa shape index (κ3) is 6.62. The Bertz CT molecular complexity index is 1100. The van der Waals surface area contributed by atoms with Gasteiger partial charge < -0.3 is 19.5 Å². The molecule has 0 bridgehead atoms. The van der Waals surface area contributed by atoms with Crippen LogP contribution in [0.4, 0.5) is 5.69 Å². The van der Waals surface area contributed by atoms with E-state index in [9.17, 15) is 9.36 Å². The monoisotopic (exact) mass is 611 g/mol. The van der Waals surface area contributed by atoms with Crippen molar-refractivity contribution in [3.05, 3.63) is 40.0 Å². The largest absolute Gasteiger partial charge is 0.469 e. The van der Waals surface area contributed by atoms with Crippen molar-refractivity contribution in [2.75, 3.05) is 65.0 Å². The molecule has 0 amide bonds. The molecular formula is C25H35BrN5O6P. The number of rotatable bonds is 9. The number of methoxy groups -OCH3 is 1. The summed E-state index contributed by atoms with van der Waals surface area (Å²) in [7, 11) is -2.17. The van der Waals surface area contributed by atoms with E-state index in [1.54, 1.807) is 0 Å². The van der Waals surface area contributed by atoms with Gasteiger partial charge >= 0.3 is 13.6 Å². The van der Waals surface area contributed by atoms with Crippen molar-refractivity contribution in [1.29, 1.82) is 0 Å². The number of hydrogen-bond donors (Lipinski definition) is 1. The number of halogens is 1. The lowest BCUT2D eigenvalue weighted by Crippen LogP contribution is -2.46. The number of allylic oxidation sites excluding steroid dienone is 2. The van der Waals surface area contributed by atoms with Crippen molar-refractivity contribution in [1.82, 2.24) is 9.34 Å². The summed E-state index contributed by atoms with van der Waals surface area (Å²) in [5, 5.41) is 3.46. The van der Waals surface area contributed by atoms with E-state index >= 15 is 0 Å². The maximum Gasteiger partial charge on any atom is 0.348 e. The van der Waals surface area contributed by atoms with Gasteiger partial charge in [-0.25, -0.2) is 9.34 Å². The molecule has 1 aromatic carbocycles. The SMILES string of the molecule is C=N/C(=C\C)C1=NC(CCC(=O)OC)C(OP(=O)(N2CCOCC2)N2CCOCC2)Nc2ccc(Br)cc21. The second-order valence-corrected chi connectivity index (χ2v) is 12.2. The highest BCUT2D eigenvalue weighted by molar-refractivity contribution is 9.10. The molecule has 2 fully saturated rings. The first-order valence-corrected chi connectivity index (χ1v) is 15.0. The van der Waals surface area contributed by atoms with Crippen LogP contribution in [0.25, 0.3) is 0 Å². The summed E-state index contributed by atoms with van der Waals surface area (Å²) in [6.45, 7) is 9.39. The summed E-state index contributed by atoms with van der Waals surface area (Å²) in [6, 6.07) is 5.19. The Morgan fingerprint density at radius 2 is 1.87 bits per heavy atom. The van der Waals surface area contributed by atoms with Gasteiger partial charge in [0.2, 0.25) is 0 Å². The summed E-state index contributed by atoms with van der Waals surface area (Å²) < 4.78 is 42.1. The molecule has 13 heteroatoms. The fraction of sp³-hybridized carbons (Fsp3) is 0.560. The smallest absolute Gasteiger partial charge is 0.348 e. The third-order valence-electron chi connectivity index (χ3n) is 6.68. The van der Waals surface area contributed by atoms with E-state index in [4.69, 9.17) is 23.7 Å². The lowest BCUT2D eigenvalue weighted by atomic mass is 10.0. The predicted molar refractivity (Wildman–Crippen MR) is 150 cm³/mol. The predicted octanol–water partition coefficient (Wildman–Crippen LogP) is 3.71. The van der Waals surface area contributed by atoms with Crippen molar-refractivity contribution in [2.24, 2.45) is 9.98 Å². The first-order chi connectivity index (χ1) is 18.4. The number of aliphatic imine (C=N–C) groups is 2. The van der Waals surface area contributed by atoms with E-state index < -0.39 is 19.9 Å². The second kappa shape index (κ2) is 13.4. The number of carbonyl (C=O) groups is 1. The van der Waals surface area contributed by atoms with E-state index in [-0.39, 0.29) is 12.4 Å². The third-order valence-corrected chi connectivity index (χ3v) is 9.90. The Kier molecular flexibility index (Phi) is 10.3. The molecule has 0 aromatic heterocycles. The Morgan fingerprint density at radius 1 is 1.24 bits per heavy atom. The van der Waals surface area contributed by atoms with Crippen molar-refractivity contribution in [3.8, 4) is 0 Å². The lowest BCUT2D eigenvalue weighted by molar-refractivity contribution is -0.140. The van der Waals surface area contributed by atoms with E-state index in [0.717, 1.165) is 15.7 Å². The number of nitrogens with one attached hydrogen (secondary N) is 1. The zero-order valence-electron chi connectivity index (χ0n) is 21.8. The summed E-state index contributed by atoms with van der Waals surface area (Å²) in [5.41, 5.74) is 2.75. The number of hydrogen-bond acceptors (Lipinski definition) is 9. The number of fused-ring (bicyclic) bond motifs is 1. The second-order valence-electron chi connectivity index (χ2n) is 8.97. The fourth-order valence-corrected chi connectivity index (χ4v) is 7.46. The molecule has 2 atom stereocenters. The van der Waals surface area contributed by atoms with Gasteiger partial charge in [0.25, 0.3) is 0 Å². The molecule has 3 aliphatic rings. The molecule has 38 heavy (non-hydrogen) atoms. The van der Waals surface area contributed by atoms with Crippen LogP contribution in [0.2, 0.25) is 0 Å². The first kappa shape index (κ1) is 29.1. The van der Waals surface area contributed by atoms with Gasteiger partial charge in [-0.2, -0.15) is 0 Å². The number of anilines is 1. The van der Waals surface area contributed by atoms with Crippen molar-refractivity contribution in [2.45, 2.75) is 32.0 Å². The van der Waals surface area contributed by atoms with Gasteiger partial charge in [0.05, 0.1) is 51.0 Å². The maximum atomic E-state index is 14.8. The zero-order valence-corrected chi connectivity index (χ0v) is 24.3. The average molecular weight is 612 g/mol. The zero-order chi connectivity index (χ0) is 27.1. The number of morpholine rings is 2. The minimum absolute atomic E-state index is 0.117. The Hall–Kier alpha value is -1.92. The topological polar surface area (TPSA) is 114 Å². The number of benzene rings is 1. The first-order valence-electron chi connectivity index (χ1n) is 12.7. The molecule has 2 saturated heterocycles. The molecule has 1 aromatic rings. The molecule has 3 aliphatic heterocycles. The van der Waals surface area contributed by atoms with Crippen molar-refractivity contribution in [3.63, 3.8) is 0 Å². The molecule has 0 radical (unpaired) electrons. The highest BCUT2D eigenvalue weighted by Gasteiger charge is 2.44. The van der Waals surface area contributed by atoms with E-state index in [0.29, 0.717) is 70.4 Å². The van der Waals surface area contributed by atoms with Crippen LogP contribution in [0.5, 0.6) is 0 Å². The van der Waals surface area contributed by atoms with Crippen LogP contribution < -0.4 is 5.32 Å². The molecule has 0 aliphatic carbocycles. The lowest BCUT2D eigenvalue weighted by Gasteiger charge is -2.43. The van der Waals surface area contributed by atoms with E-state index in [1.807, 2.05) is 40.5 Å². The van der Waals surface area contributed by atoms with Crippen LogP contribution >= 0.6 is 23.6 Å². The summed E-state index contributed by atoms with van der Waals surface area (Å²) in [5.74, 6) is -0.359. The Balaban J connectivity index is 1.78. The maximum absolute atomic E-state index is 14.8. The molecule has 2 unspecified atom stereocenters. The molecule has 11 nitrogen and oxygen atoms in total. The number of esters is 1. The van der Waals surface area contributed by atoms with Crippen molar-refractivity contribution >= 4 is 47.7 Å². The number of nitrogens with zero attached hydrogens (tertiary/aromatic N) is 4. The molecule has 0 spiro atoms. The normalized spacial score (nSPS) is 23.6. The fourth-order valence-electron chi connectivity index (χ4n) is 4.65. The van der Waals surface area contributed by atoms with Crippen LogP contribution in [0.1, 0.15) is 25.3 Å². The number of benzodiazepines with no additional fused rings is 1. The Morgan fingerprint density at radius 3 is 2.42 bits per heavy atom. The van der Waals surface area contributed by atoms with Crippen LogP contribution in [0, 0.1) is 0 Å². The molecule has 208 valence electrons. The van der Waals surface area contributed by atoms with Crippen LogP contribution in [-0.4, -0.2) is 99.7 Å². The molecule has 0 saturated carbocycles. The van der Waals surface area contributed by atoms with Gasteiger partial charge in [-0.15, -0.1) is 0 Å². The highest BCUT2D eigenvalue weighted by atomic mass is 79.9. The van der Waals surface area contributed by atoms with Gasteiger partial charge in [0.1, 0.15) is 0 Å². The van der Waals surface area contributed by atoms with Crippen LogP contribution in [-0.2, 0) is 28.1 Å². The average Bonchev–Trinajstić information content (AvgIpc) is 3.09. The summed E-state index contributed by atoms with van der Waals surface area (Å²) in [4.78, 5) is 21.4. The van der Waals surface area contributed by atoms with E-state index in [2.05, 4.69) is 33.0 Å². The van der Waals surface area contributed by atoms with Crippen LogP contribution in [0.3, 0.4) is 0 Å². The van der Waals surface area contributed by atoms with Gasteiger partial charge in [-0.1, -0.05) is 22.0 Å². The van der Waals surface area contributed by atoms with Gasteiger partial charge in [0, 0.05) is 48.3 Å². The molecular weight excluding hydrogens is 577 g/mol. The quantitative estimate of drug-likeness (QED) is 0.253. The van der Waals surface area contributed by atoms with Crippen LogP contribution in [0.15, 0.2) is 44.4 Å². The number of carbonyl (C=O) groups excluding carboxylic acids is 1. The minimum atomic E-state index is -3.53. The molecule has 1 N–H and O–H groups in total.